The van der Waals surface area contributed by atoms with Gasteiger partial charge in [-0.05, 0) is 18.6 Å². The molecule has 2 N–H and O–H groups in total. The summed E-state index contributed by atoms with van der Waals surface area (Å²) in [6.45, 7) is 1.13. The summed E-state index contributed by atoms with van der Waals surface area (Å²) >= 11 is 0. The number of nitrogens with zero attached hydrogens (tertiary/aromatic N) is 1. The van der Waals surface area contributed by atoms with Crippen molar-refractivity contribution in [2.24, 2.45) is 5.92 Å². The van der Waals surface area contributed by atoms with E-state index < -0.39 is 17.5 Å². The molecule has 0 bridgehead atoms. The quantitative estimate of drug-likeness (QED) is 0.858. The van der Waals surface area contributed by atoms with E-state index in [9.17, 15) is 18.3 Å². The van der Waals surface area contributed by atoms with Crippen LogP contribution in [0.1, 0.15) is 12.0 Å². The molecule has 2 rings (SSSR count). The largest absolute Gasteiger partial charge is 0.508 e. The van der Waals surface area contributed by atoms with E-state index in [4.69, 9.17) is 5.11 Å². The number of rotatable bonds is 2. The molecule has 6 heteroatoms. The second kappa shape index (κ2) is 4.68. The zero-order valence-corrected chi connectivity index (χ0v) is 9.61. The predicted molar refractivity (Wildman–Crippen MR) is 60.5 cm³/mol. The van der Waals surface area contributed by atoms with Gasteiger partial charge in [0.1, 0.15) is 5.75 Å². The third-order valence-corrected chi connectivity index (χ3v) is 3.14. The second-order valence-electron chi connectivity index (χ2n) is 4.52. The SMILES string of the molecule is OCC1CCN(c2cc(O)cc(C(F)(F)F)c2)C1. The molecule has 0 spiro atoms. The molecule has 1 aliphatic heterocycles. The fraction of sp³-hybridized carbons (Fsp3) is 0.500. The molecule has 1 aromatic carbocycles. The molecule has 3 nitrogen and oxygen atoms in total. The minimum atomic E-state index is -4.47. The zero-order valence-electron chi connectivity index (χ0n) is 9.61. The van der Waals surface area contributed by atoms with E-state index in [0.717, 1.165) is 12.5 Å². The highest BCUT2D eigenvalue weighted by molar-refractivity contribution is 5.54. The first-order valence-corrected chi connectivity index (χ1v) is 5.67. The third-order valence-electron chi connectivity index (χ3n) is 3.14. The van der Waals surface area contributed by atoms with E-state index >= 15 is 0 Å². The van der Waals surface area contributed by atoms with Crippen LogP contribution in [0.5, 0.6) is 5.75 Å². The van der Waals surface area contributed by atoms with Crippen molar-refractivity contribution in [2.45, 2.75) is 12.6 Å². The lowest BCUT2D eigenvalue weighted by Crippen LogP contribution is -2.21. The Labute approximate surface area is 102 Å². The van der Waals surface area contributed by atoms with E-state index in [2.05, 4.69) is 0 Å². The molecule has 0 aliphatic carbocycles. The second-order valence-corrected chi connectivity index (χ2v) is 4.52. The molecule has 1 aromatic rings. The van der Waals surface area contributed by atoms with Crippen molar-refractivity contribution in [3.63, 3.8) is 0 Å². The van der Waals surface area contributed by atoms with Gasteiger partial charge in [-0.25, -0.2) is 0 Å². The lowest BCUT2D eigenvalue weighted by molar-refractivity contribution is -0.137. The molecule has 100 valence electrons. The van der Waals surface area contributed by atoms with Gasteiger partial charge >= 0.3 is 6.18 Å². The van der Waals surface area contributed by atoms with Gasteiger partial charge in [-0.15, -0.1) is 0 Å². The predicted octanol–water partition coefficient (Wildman–Crippen LogP) is 2.23. The number of phenolic OH excluding ortho intramolecular Hbond substituents is 1. The van der Waals surface area contributed by atoms with Gasteiger partial charge < -0.3 is 15.1 Å². The van der Waals surface area contributed by atoms with Crippen molar-refractivity contribution < 1.29 is 23.4 Å². The molecule has 1 saturated heterocycles. The minimum absolute atomic E-state index is 0.0292. The van der Waals surface area contributed by atoms with Crippen LogP contribution >= 0.6 is 0 Å². The van der Waals surface area contributed by atoms with Crippen molar-refractivity contribution in [3.05, 3.63) is 23.8 Å². The van der Waals surface area contributed by atoms with Gasteiger partial charge in [0.25, 0.3) is 0 Å². The molecule has 18 heavy (non-hydrogen) atoms. The standard InChI is InChI=1S/C12H14F3NO2/c13-12(14,15)9-3-10(5-11(18)4-9)16-2-1-8(6-16)7-17/h3-5,8,17-18H,1-2,6-7H2. The highest BCUT2D eigenvalue weighted by Gasteiger charge is 2.32. The monoisotopic (exact) mass is 261 g/mol. The molecule has 1 atom stereocenters. The molecule has 0 amide bonds. The van der Waals surface area contributed by atoms with Gasteiger partial charge in [-0.2, -0.15) is 13.2 Å². The molecule has 0 radical (unpaired) electrons. The Kier molecular flexibility index (Phi) is 3.38. The van der Waals surface area contributed by atoms with Crippen LogP contribution in [0.25, 0.3) is 0 Å². The Morgan fingerprint density at radius 2 is 2.00 bits per heavy atom. The van der Waals surface area contributed by atoms with Crippen LogP contribution in [-0.4, -0.2) is 29.9 Å². The highest BCUT2D eigenvalue weighted by atomic mass is 19.4. The van der Waals surface area contributed by atoms with Crippen molar-refractivity contribution in [3.8, 4) is 5.75 Å². The van der Waals surface area contributed by atoms with Crippen LogP contribution in [0, 0.1) is 5.92 Å². The number of anilines is 1. The summed E-state index contributed by atoms with van der Waals surface area (Å²) < 4.78 is 37.8. The normalized spacial score (nSPS) is 20.4. The maximum Gasteiger partial charge on any atom is 0.416 e. The Bertz CT molecular complexity index is 434. The first-order valence-electron chi connectivity index (χ1n) is 5.67. The number of benzene rings is 1. The molecule has 1 fully saturated rings. The van der Waals surface area contributed by atoms with Gasteiger partial charge in [0, 0.05) is 37.4 Å². The van der Waals surface area contributed by atoms with E-state index in [1.54, 1.807) is 4.90 Å². The van der Waals surface area contributed by atoms with Crippen molar-refractivity contribution >= 4 is 5.69 Å². The molecular formula is C12H14F3NO2. The number of aliphatic hydroxyl groups is 1. The number of hydrogen-bond donors (Lipinski definition) is 2. The summed E-state index contributed by atoms with van der Waals surface area (Å²) in [6, 6.07) is 3.05. The number of aliphatic hydroxyl groups excluding tert-OH is 1. The highest BCUT2D eigenvalue weighted by Crippen LogP contribution is 2.36. The topological polar surface area (TPSA) is 43.7 Å². The summed E-state index contributed by atoms with van der Waals surface area (Å²) in [5, 5.41) is 18.4. The summed E-state index contributed by atoms with van der Waals surface area (Å²) in [5.41, 5.74) is -0.511. The first-order chi connectivity index (χ1) is 8.40. The number of hydrogen-bond acceptors (Lipinski definition) is 3. The maximum atomic E-state index is 12.6. The lowest BCUT2D eigenvalue weighted by Gasteiger charge is -2.20. The van der Waals surface area contributed by atoms with Gasteiger partial charge in [-0.1, -0.05) is 0 Å². The minimum Gasteiger partial charge on any atom is -0.508 e. The van der Waals surface area contributed by atoms with Crippen LogP contribution in [0.15, 0.2) is 18.2 Å². The fourth-order valence-electron chi connectivity index (χ4n) is 2.16. The Morgan fingerprint density at radius 1 is 1.28 bits per heavy atom. The number of phenols is 1. The van der Waals surface area contributed by atoms with E-state index in [0.29, 0.717) is 24.8 Å². The summed E-state index contributed by atoms with van der Waals surface area (Å²) in [4.78, 5) is 1.75. The maximum absolute atomic E-state index is 12.6. The van der Waals surface area contributed by atoms with Crippen molar-refractivity contribution in [1.29, 1.82) is 0 Å². The Balaban J connectivity index is 2.26. The number of halogens is 3. The van der Waals surface area contributed by atoms with Crippen molar-refractivity contribution in [2.75, 3.05) is 24.6 Å². The van der Waals surface area contributed by atoms with Crippen molar-refractivity contribution in [1.82, 2.24) is 0 Å². The zero-order chi connectivity index (χ0) is 13.3. The molecule has 0 aromatic heterocycles. The molecule has 1 aliphatic rings. The van der Waals surface area contributed by atoms with E-state index in [1.165, 1.54) is 6.07 Å². The average Bonchev–Trinajstić information content (AvgIpc) is 2.75. The molecular weight excluding hydrogens is 247 g/mol. The number of aromatic hydroxyl groups is 1. The fourth-order valence-corrected chi connectivity index (χ4v) is 2.16. The molecule has 1 unspecified atom stereocenters. The average molecular weight is 261 g/mol. The molecule has 0 saturated carbocycles. The smallest absolute Gasteiger partial charge is 0.416 e. The van der Waals surface area contributed by atoms with Gasteiger partial charge in [0.05, 0.1) is 5.56 Å². The molecule has 1 heterocycles. The first kappa shape index (κ1) is 13.0. The van der Waals surface area contributed by atoms with Gasteiger partial charge in [0.2, 0.25) is 0 Å². The van der Waals surface area contributed by atoms with E-state index in [-0.39, 0.29) is 12.5 Å². The summed E-state index contributed by atoms with van der Waals surface area (Å²) in [5.74, 6) is -0.311. The van der Waals surface area contributed by atoms with Crippen LogP contribution in [-0.2, 0) is 6.18 Å². The third kappa shape index (κ3) is 2.69. The Hall–Kier alpha value is -1.43. The van der Waals surface area contributed by atoms with Gasteiger partial charge in [0.15, 0.2) is 0 Å². The van der Waals surface area contributed by atoms with Crippen LogP contribution in [0.3, 0.4) is 0 Å². The summed E-state index contributed by atoms with van der Waals surface area (Å²) in [7, 11) is 0. The summed E-state index contributed by atoms with van der Waals surface area (Å²) in [6.07, 6.45) is -3.73. The lowest BCUT2D eigenvalue weighted by atomic mass is 10.1. The number of alkyl halides is 3. The van der Waals surface area contributed by atoms with Gasteiger partial charge in [-0.3, -0.25) is 0 Å². The Morgan fingerprint density at radius 3 is 2.56 bits per heavy atom. The van der Waals surface area contributed by atoms with E-state index in [1.807, 2.05) is 0 Å². The van der Waals surface area contributed by atoms with Crippen LogP contribution < -0.4 is 4.90 Å². The van der Waals surface area contributed by atoms with Crippen LogP contribution in [0.2, 0.25) is 0 Å². The van der Waals surface area contributed by atoms with Crippen LogP contribution in [0.4, 0.5) is 18.9 Å².